The molecule has 8 heteroatoms. The Morgan fingerprint density at radius 1 is 1.07 bits per heavy atom. The lowest BCUT2D eigenvalue weighted by atomic mass is 10.1. The Balaban J connectivity index is 1.36. The number of benzene rings is 2. The molecule has 3 aromatic rings. The number of anilines is 2. The minimum Gasteiger partial charge on any atom is -0.378 e. The van der Waals surface area contributed by atoms with E-state index in [1.54, 1.807) is 12.1 Å². The van der Waals surface area contributed by atoms with Gasteiger partial charge in [-0.05, 0) is 43.2 Å². The molecule has 1 aromatic heterocycles. The van der Waals surface area contributed by atoms with Gasteiger partial charge in [0.25, 0.3) is 11.6 Å². The molecule has 1 heterocycles. The smallest absolute Gasteiger partial charge is 0.293 e. The van der Waals surface area contributed by atoms with Crippen LogP contribution in [0, 0.1) is 10.1 Å². The molecule has 0 spiro atoms. The van der Waals surface area contributed by atoms with Gasteiger partial charge in [-0.1, -0.05) is 18.2 Å². The van der Waals surface area contributed by atoms with Crippen molar-refractivity contribution < 1.29 is 9.72 Å². The summed E-state index contributed by atoms with van der Waals surface area (Å²) in [6.07, 6.45) is 1.93. The average molecular weight is 391 g/mol. The highest BCUT2D eigenvalue weighted by molar-refractivity contribution is 5.96. The number of nitrogens with zero attached hydrogens (tertiary/aromatic N) is 2. The van der Waals surface area contributed by atoms with Gasteiger partial charge in [-0.25, -0.2) is 4.98 Å². The van der Waals surface area contributed by atoms with E-state index in [1.165, 1.54) is 6.07 Å². The second-order valence-electron chi connectivity index (χ2n) is 6.98. The van der Waals surface area contributed by atoms with Gasteiger partial charge >= 0.3 is 0 Å². The third-order valence-electron chi connectivity index (χ3n) is 4.71. The molecule has 0 bridgehead atoms. The molecule has 0 saturated heterocycles. The van der Waals surface area contributed by atoms with Gasteiger partial charge in [0.2, 0.25) is 0 Å². The zero-order valence-electron chi connectivity index (χ0n) is 15.7. The Bertz CT molecular complexity index is 1070. The third kappa shape index (κ3) is 4.60. The minimum absolute atomic E-state index is 0.114. The zero-order chi connectivity index (χ0) is 20.2. The van der Waals surface area contributed by atoms with E-state index in [9.17, 15) is 14.9 Å². The summed E-state index contributed by atoms with van der Waals surface area (Å²) in [4.78, 5) is 27.6. The van der Waals surface area contributed by atoms with Crippen LogP contribution in [0.5, 0.6) is 0 Å². The summed E-state index contributed by atoms with van der Waals surface area (Å²) in [7, 11) is 0. The summed E-state index contributed by atoms with van der Waals surface area (Å²) in [6, 6.07) is 16.5. The van der Waals surface area contributed by atoms with Crippen LogP contribution in [0.2, 0.25) is 0 Å². The maximum Gasteiger partial charge on any atom is 0.293 e. The van der Waals surface area contributed by atoms with Crippen molar-refractivity contribution in [1.82, 2.24) is 10.3 Å². The van der Waals surface area contributed by atoms with Crippen LogP contribution in [-0.4, -0.2) is 34.9 Å². The molecule has 29 heavy (non-hydrogen) atoms. The molecular weight excluding hydrogens is 370 g/mol. The Kier molecular flexibility index (Phi) is 5.24. The zero-order valence-corrected chi connectivity index (χ0v) is 15.7. The normalized spacial score (nSPS) is 13.1. The number of pyridine rings is 1. The van der Waals surface area contributed by atoms with Crippen LogP contribution in [0.1, 0.15) is 23.2 Å². The van der Waals surface area contributed by atoms with Gasteiger partial charge < -0.3 is 16.0 Å². The average Bonchev–Trinajstić information content (AvgIpc) is 3.55. The van der Waals surface area contributed by atoms with Crippen molar-refractivity contribution in [2.24, 2.45) is 0 Å². The first-order valence-corrected chi connectivity index (χ1v) is 9.53. The van der Waals surface area contributed by atoms with Crippen LogP contribution < -0.4 is 16.0 Å². The summed E-state index contributed by atoms with van der Waals surface area (Å²) in [5, 5.41) is 21.6. The van der Waals surface area contributed by atoms with Crippen LogP contribution in [-0.2, 0) is 0 Å². The quantitative estimate of drug-likeness (QED) is 0.308. The first-order chi connectivity index (χ1) is 14.1. The first-order valence-electron chi connectivity index (χ1n) is 9.53. The molecule has 4 rings (SSSR count). The number of rotatable bonds is 8. The lowest BCUT2D eigenvalue weighted by Crippen LogP contribution is -2.25. The molecule has 8 nitrogen and oxygen atoms in total. The highest BCUT2D eigenvalue weighted by atomic mass is 16.6. The molecule has 0 atom stereocenters. The number of para-hydroxylation sites is 1. The first kappa shape index (κ1) is 18.7. The number of nitrogens with one attached hydrogen (secondary N) is 3. The van der Waals surface area contributed by atoms with Gasteiger partial charge in [0, 0.05) is 36.1 Å². The van der Waals surface area contributed by atoms with Crippen LogP contribution in [0.3, 0.4) is 0 Å². The second kappa shape index (κ2) is 8.14. The number of fused-ring (bicyclic) bond motifs is 1. The molecule has 148 valence electrons. The van der Waals surface area contributed by atoms with E-state index < -0.39 is 4.92 Å². The predicted octanol–water partition coefficient (Wildman–Crippen LogP) is 3.56. The standard InChI is InChI=1S/C21H21N5O3/c27-21(24-16-7-8-16)15-5-9-18(19(13-15)26(28)29)22-11-12-23-20-10-6-14-3-1-2-4-17(14)25-20/h1-6,9-10,13,16,22H,7-8,11-12H2,(H,23,25)(H,24,27). The maximum absolute atomic E-state index is 12.1. The second-order valence-corrected chi connectivity index (χ2v) is 6.98. The molecule has 2 aromatic carbocycles. The predicted molar refractivity (Wildman–Crippen MR) is 112 cm³/mol. The molecule has 0 unspecified atom stereocenters. The highest BCUT2D eigenvalue weighted by Gasteiger charge is 2.25. The van der Waals surface area contributed by atoms with Crippen molar-refractivity contribution in [1.29, 1.82) is 0 Å². The van der Waals surface area contributed by atoms with E-state index in [1.807, 2.05) is 36.4 Å². The van der Waals surface area contributed by atoms with Crippen LogP contribution in [0.15, 0.2) is 54.6 Å². The van der Waals surface area contributed by atoms with Gasteiger partial charge in [0.15, 0.2) is 0 Å². The Labute approximate surface area is 167 Å². The molecular formula is C21H21N5O3. The molecule has 0 radical (unpaired) electrons. The lowest BCUT2D eigenvalue weighted by molar-refractivity contribution is -0.384. The lowest BCUT2D eigenvalue weighted by Gasteiger charge is -2.10. The molecule has 1 fully saturated rings. The number of carbonyl (C=O) groups excluding carboxylic acids is 1. The monoisotopic (exact) mass is 391 g/mol. The number of aromatic nitrogens is 1. The number of hydrogen-bond donors (Lipinski definition) is 3. The summed E-state index contributed by atoms with van der Waals surface area (Å²) < 4.78 is 0. The van der Waals surface area contributed by atoms with E-state index in [-0.39, 0.29) is 17.6 Å². The van der Waals surface area contributed by atoms with Gasteiger partial charge in [-0.3, -0.25) is 14.9 Å². The van der Waals surface area contributed by atoms with E-state index in [0.717, 1.165) is 29.6 Å². The highest BCUT2D eigenvalue weighted by Crippen LogP contribution is 2.26. The summed E-state index contributed by atoms with van der Waals surface area (Å²) in [6.45, 7) is 0.995. The van der Waals surface area contributed by atoms with Crippen molar-refractivity contribution in [3.05, 3.63) is 70.3 Å². The molecule has 3 N–H and O–H groups in total. The number of nitro benzene ring substituents is 1. The fraction of sp³-hybridized carbons (Fsp3) is 0.238. The molecule has 1 amide bonds. The molecule has 1 saturated carbocycles. The van der Waals surface area contributed by atoms with Crippen molar-refractivity contribution in [2.75, 3.05) is 23.7 Å². The van der Waals surface area contributed by atoms with Crippen LogP contribution in [0.25, 0.3) is 10.9 Å². The number of hydrogen-bond acceptors (Lipinski definition) is 6. The summed E-state index contributed by atoms with van der Waals surface area (Å²) in [5.41, 5.74) is 1.47. The topological polar surface area (TPSA) is 109 Å². The minimum atomic E-state index is -0.478. The van der Waals surface area contributed by atoms with Crippen molar-refractivity contribution in [3.63, 3.8) is 0 Å². The van der Waals surface area contributed by atoms with E-state index in [0.29, 0.717) is 24.3 Å². The molecule has 1 aliphatic rings. The SMILES string of the molecule is O=C(NC1CC1)c1ccc(NCCNc2ccc3ccccc3n2)c([N+](=O)[O-])c1. The Morgan fingerprint density at radius 3 is 2.66 bits per heavy atom. The van der Waals surface area contributed by atoms with Crippen LogP contribution in [0.4, 0.5) is 17.2 Å². The third-order valence-corrected chi connectivity index (χ3v) is 4.71. The van der Waals surface area contributed by atoms with Gasteiger partial charge in [0.1, 0.15) is 11.5 Å². The molecule has 0 aliphatic heterocycles. The van der Waals surface area contributed by atoms with Crippen molar-refractivity contribution in [3.8, 4) is 0 Å². The fourth-order valence-corrected chi connectivity index (χ4v) is 3.02. The van der Waals surface area contributed by atoms with Gasteiger partial charge in [0.05, 0.1) is 10.4 Å². The van der Waals surface area contributed by atoms with E-state index in [2.05, 4.69) is 20.9 Å². The fourth-order valence-electron chi connectivity index (χ4n) is 3.02. The Hall–Kier alpha value is -3.68. The largest absolute Gasteiger partial charge is 0.378 e. The van der Waals surface area contributed by atoms with Gasteiger partial charge in [-0.2, -0.15) is 0 Å². The Morgan fingerprint density at radius 2 is 1.86 bits per heavy atom. The van der Waals surface area contributed by atoms with Crippen molar-refractivity contribution >= 4 is 34.0 Å². The van der Waals surface area contributed by atoms with Crippen LogP contribution >= 0.6 is 0 Å². The maximum atomic E-state index is 12.1. The number of amides is 1. The summed E-state index contributed by atoms with van der Waals surface area (Å²) >= 11 is 0. The van der Waals surface area contributed by atoms with Gasteiger partial charge in [-0.15, -0.1) is 0 Å². The summed E-state index contributed by atoms with van der Waals surface area (Å²) in [5.74, 6) is 0.471. The molecule has 1 aliphatic carbocycles. The van der Waals surface area contributed by atoms with E-state index in [4.69, 9.17) is 0 Å². The number of carbonyl (C=O) groups is 1. The van der Waals surface area contributed by atoms with E-state index >= 15 is 0 Å². The van der Waals surface area contributed by atoms with Crippen molar-refractivity contribution in [2.45, 2.75) is 18.9 Å². The number of nitro groups is 1.